The summed E-state index contributed by atoms with van der Waals surface area (Å²) in [5, 5.41) is 8.78. The first kappa shape index (κ1) is 14.3. The van der Waals surface area contributed by atoms with E-state index in [4.69, 9.17) is 4.74 Å². The molecule has 1 amide bonds. The molecule has 0 fully saturated rings. The molecule has 116 valence electrons. The number of nitrogens with one attached hydrogen (secondary N) is 3. The molecule has 1 atom stereocenters. The Labute approximate surface area is 124 Å². The summed E-state index contributed by atoms with van der Waals surface area (Å²) >= 11 is 0. The van der Waals surface area contributed by atoms with Gasteiger partial charge in [0.2, 0.25) is 5.91 Å². The summed E-state index contributed by atoms with van der Waals surface area (Å²) in [6, 6.07) is 4.31. The lowest BCUT2D eigenvalue weighted by molar-refractivity contribution is -0.126. The normalized spacial score (nSPS) is 16.7. The van der Waals surface area contributed by atoms with Gasteiger partial charge in [-0.15, -0.1) is 0 Å². The van der Waals surface area contributed by atoms with Crippen LogP contribution in [0.5, 0.6) is 5.75 Å². The van der Waals surface area contributed by atoms with Crippen molar-refractivity contribution in [2.45, 2.75) is 12.8 Å². The monoisotopic (exact) mass is 306 g/mol. The molecule has 22 heavy (non-hydrogen) atoms. The zero-order valence-corrected chi connectivity index (χ0v) is 11.7. The average Bonchev–Trinajstić information content (AvgIpc) is 2.92. The molecule has 0 saturated carbocycles. The molecule has 0 radical (unpaired) electrons. The van der Waals surface area contributed by atoms with Gasteiger partial charge in [0.05, 0.1) is 5.92 Å². The van der Waals surface area contributed by atoms with Gasteiger partial charge in [0.25, 0.3) is 0 Å². The number of hydrogen-bond acceptors (Lipinski definition) is 4. The summed E-state index contributed by atoms with van der Waals surface area (Å²) in [5.41, 5.74) is 0.323. The van der Waals surface area contributed by atoms with E-state index in [1.807, 2.05) is 0 Å². The van der Waals surface area contributed by atoms with E-state index in [9.17, 15) is 14.0 Å². The number of halogens is 1. The molecule has 0 aliphatic carbocycles. The Hall–Kier alpha value is -2.64. The van der Waals surface area contributed by atoms with E-state index in [1.165, 1.54) is 12.1 Å². The average molecular weight is 306 g/mol. The highest BCUT2D eigenvalue weighted by atomic mass is 19.1. The molecule has 1 aliphatic heterocycles. The Kier molecular flexibility index (Phi) is 3.90. The van der Waals surface area contributed by atoms with Crippen LogP contribution in [0.2, 0.25) is 0 Å². The maximum Gasteiger partial charge on any atom is 0.340 e. The van der Waals surface area contributed by atoms with Crippen LogP contribution in [0.1, 0.15) is 11.4 Å². The minimum atomic E-state index is -0.374. The van der Waals surface area contributed by atoms with E-state index in [-0.39, 0.29) is 29.9 Å². The Balaban J connectivity index is 1.54. The first-order valence-electron chi connectivity index (χ1n) is 6.94. The van der Waals surface area contributed by atoms with Crippen LogP contribution >= 0.6 is 0 Å². The van der Waals surface area contributed by atoms with E-state index < -0.39 is 0 Å². The van der Waals surface area contributed by atoms with Crippen LogP contribution in [0.4, 0.5) is 4.39 Å². The van der Waals surface area contributed by atoms with Gasteiger partial charge in [-0.3, -0.25) is 9.78 Å². The molecule has 0 spiro atoms. The highest BCUT2D eigenvalue weighted by Crippen LogP contribution is 2.27. The van der Waals surface area contributed by atoms with Crippen molar-refractivity contribution < 1.29 is 13.9 Å². The van der Waals surface area contributed by atoms with Crippen LogP contribution in [-0.4, -0.2) is 34.2 Å². The standard InChI is InChI=1S/C14H15FN4O3/c15-10-1-2-11-8(6-10)5-9(7-22-11)13(20)16-4-3-12-17-14(21)19-18-12/h1-2,6,9H,3-5,7H2,(H,16,20)(H2,17,18,19,21). The fourth-order valence-corrected chi connectivity index (χ4v) is 2.40. The number of benzene rings is 1. The lowest BCUT2D eigenvalue weighted by atomic mass is 9.96. The van der Waals surface area contributed by atoms with Gasteiger partial charge < -0.3 is 10.1 Å². The highest BCUT2D eigenvalue weighted by Gasteiger charge is 2.26. The minimum absolute atomic E-state index is 0.159. The number of aromatic nitrogens is 3. The number of aromatic amines is 2. The predicted octanol–water partition coefficient (Wildman–Crippen LogP) is 0.147. The smallest absolute Gasteiger partial charge is 0.340 e. The molecule has 2 aromatic rings. The maximum atomic E-state index is 13.2. The third-order valence-electron chi connectivity index (χ3n) is 3.51. The lowest BCUT2D eigenvalue weighted by Crippen LogP contribution is -2.38. The first-order chi connectivity index (χ1) is 10.6. The zero-order valence-electron chi connectivity index (χ0n) is 11.7. The number of fused-ring (bicyclic) bond motifs is 1. The minimum Gasteiger partial charge on any atom is -0.492 e. The molecular formula is C14H15FN4O3. The van der Waals surface area contributed by atoms with Crippen LogP contribution in [-0.2, 0) is 17.6 Å². The van der Waals surface area contributed by atoms with Gasteiger partial charge in [0.1, 0.15) is 24.0 Å². The third-order valence-corrected chi connectivity index (χ3v) is 3.51. The van der Waals surface area contributed by atoms with Crippen molar-refractivity contribution in [2.75, 3.05) is 13.2 Å². The Morgan fingerprint density at radius 1 is 1.50 bits per heavy atom. The maximum absolute atomic E-state index is 13.2. The number of carbonyl (C=O) groups is 1. The van der Waals surface area contributed by atoms with Crippen molar-refractivity contribution in [3.05, 3.63) is 45.9 Å². The molecule has 1 aliphatic rings. The van der Waals surface area contributed by atoms with Crippen molar-refractivity contribution >= 4 is 5.91 Å². The second kappa shape index (κ2) is 6.00. The fourth-order valence-electron chi connectivity index (χ4n) is 2.40. The third kappa shape index (κ3) is 3.16. The molecule has 3 rings (SSSR count). The van der Waals surface area contributed by atoms with Gasteiger partial charge in [-0.05, 0) is 30.2 Å². The molecule has 1 aromatic carbocycles. The molecule has 0 saturated heterocycles. The molecule has 2 heterocycles. The van der Waals surface area contributed by atoms with E-state index >= 15 is 0 Å². The van der Waals surface area contributed by atoms with Crippen molar-refractivity contribution in [1.29, 1.82) is 0 Å². The van der Waals surface area contributed by atoms with Crippen LogP contribution < -0.4 is 15.7 Å². The van der Waals surface area contributed by atoms with Gasteiger partial charge in [-0.2, -0.15) is 5.10 Å². The second-order valence-electron chi connectivity index (χ2n) is 5.13. The van der Waals surface area contributed by atoms with Gasteiger partial charge in [0, 0.05) is 13.0 Å². The summed E-state index contributed by atoms with van der Waals surface area (Å²) in [5.74, 6) is 0.253. The number of nitrogens with zero attached hydrogens (tertiary/aromatic N) is 1. The van der Waals surface area contributed by atoms with Gasteiger partial charge in [-0.1, -0.05) is 0 Å². The summed E-state index contributed by atoms with van der Waals surface area (Å²) in [6.45, 7) is 0.621. The molecule has 0 bridgehead atoms. The summed E-state index contributed by atoms with van der Waals surface area (Å²) in [6.07, 6.45) is 0.863. The van der Waals surface area contributed by atoms with Gasteiger partial charge in [0.15, 0.2) is 0 Å². The van der Waals surface area contributed by atoms with Gasteiger partial charge >= 0.3 is 5.69 Å². The first-order valence-corrected chi connectivity index (χ1v) is 6.94. The fraction of sp³-hybridized carbons (Fsp3) is 0.357. The van der Waals surface area contributed by atoms with Crippen LogP contribution in [0.15, 0.2) is 23.0 Å². The zero-order chi connectivity index (χ0) is 15.5. The molecule has 7 nitrogen and oxygen atoms in total. The van der Waals surface area contributed by atoms with Crippen molar-refractivity contribution in [1.82, 2.24) is 20.5 Å². The summed E-state index contributed by atoms with van der Waals surface area (Å²) in [7, 11) is 0. The van der Waals surface area contributed by atoms with Crippen LogP contribution in [0.25, 0.3) is 0 Å². The molecule has 8 heteroatoms. The largest absolute Gasteiger partial charge is 0.492 e. The second-order valence-corrected chi connectivity index (χ2v) is 5.13. The van der Waals surface area contributed by atoms with E-state index in [1.54, 1.807) is 6.07 Å². The van der Waals surface area contributed by atoms with Crippen LogP contribution in [0.3, 0.4) is 0 Å². The predicted molar refractivity (Wildman–Crippen MR) is 75.0 cm³/mol. The quantitative estimate of drug-likeness (QED) is 0.748. The van der Waals surface area contributed by atoms with Crippen molar-refractivity contribution in [3.63, 3.8) is 0 Å². The lowest BCUT2D eigenvalue weighted by Gasteiger charge is -2.24. The van der Waals surface area contributed by atoms with Crippen molar-refractivity contribution in [2.24, 2.45) is 5.92 Å². The highest BCUT2D eigenvalue weighted by molar-refractivity contribution is 5.79. The summed E-state index contributed by atoms with van der Waals surface area (Å²) in [4.78, 5) is 25.5. The Morgan fingerprint density at radius 2 is 2.36 bits per heavy atom. The number of ether oxygens (including phenoxy) is 1. The SMILES string of the molecule is O=C(NCCc1n[nH]c(=O)[nH]1)C1COc2ccc(F)cc2C1. The van der Waals surface area contributed by atoms with E-state index in [2.05, 4.69) is 20.5 Å². The topological polar surface area (TPSA) is 99.9 Å². The number of carbonyl (C=O) groups excluding carboxylic acids is 1. The Morgan fingerprint density at radius 3 is 3.14 bits per heavy atom. The Bertz CT molecular complexity index is 740. The number of H-pyrrole nitrogens is 2. The molecular weight excluding hydrogens is 291 g/mol. The number of rotatable bonds is 4. The number of amides is 1. The van der Waals surface area contributed by atoms with Gasteiger partial charge in [-0.25, -0.2) is 14.3 Å². The van der Waals surface area contributed by atoms with E-state index in [0.29, 0.717) is 36.5 Å². The molecule has 1 unspecified atom stereocenters. The van der Waals surface area contributed by atoms with Crippen molar-refractivity contribution in [3.8, 4) is 5.75 Å². The molecule has 3 N–H and O–H groups in total. The van der Waals surface area contributed by atoms with Crippen LogP contribution in [0, 0.1) is 11.7 Å². The number of hydrogen-bond donors (Lipinski definition) is 3. The summed E-state index contributed by atoms with van der Waals surface area (Å²) < 4.78 is 18.7. The molecule has 1 aromatic heterocycles. The van der Waals surface area contributed by atoms with E-state index in [0.717, 1.165) is 0 Å².